The number of nitrogens with one attached hydrogen (secondary N) is 2. The van der Waals surface area contributed by atoms with E-state index >= 15 is 0 Å². The predicted octanol–water partition coefficient (Wildman–Crippen LogP) is 2.50. The van der Waals surface area contributed by atoms with E-state index in [4.69, 9.17) is 0 Å². The summed E-state index contributed by atoms with van der Waals surface area (Å²) in [5.41, 5.74) is 1.60. The molecule has 0 aliphatic heterocycles. The van der Waals surface area contributed by atoms with Crippen LogP contribution in [0.25, 0.3) is 0 Å². The highest BCUT2D eigenvalue weighted by Crippen LogP contribution is 2.16. The Labute approximate surface area is 154 Å². The van der Waals surface area contributed by atoms with Gasteiger partial charge in [0, 0.05) is 9.26 Å². The molecule has 0 aliphatic rings. The van der Waals surface area contributed by atoms with Crippen molar-refractivity contribution < 1.29 is 9.59 Å². The highest BCUT2D eigenvalue weighted by Gasteiger charge is 2.12. The molecule has 1 heterocycles. The lowest BCUT2D eigenvalue weighted by molar-refractivity contribution is -0.119. The van der Waals surface area contributed by atoms with Gasteiger partial charge in [-0.05, 0) is 60.8 Å². The quantitative estimate of drug-likeness (QED) is 0.680. The van der Waals surface area contributed by atoms with Crippen LogP contribution in [0.15, 0.2) is 42.5 Å². The van der Waals surface area contributed by atoms with Gasteiger partial charge in [0.1, 0.15) is 5.82 Å². The van der Waals surface area contributed by atoms with Crippen molar-refractivity contribution in [3.63, 3.8) is 0 Å². The number of carbonyl (C=O) groups is 2. The van der Waals surface area contributed by atoms with Crippen molar-refractivity contribution in [3.8, 4) is 0 Å². The molecule has 0 atom stereocenters. The van der Waals surface area contributed by atoms with Gasteiger partial charge in [-0.15, -0.1) is 0 Å². The Morgan fingerprint density at radius 3 is 2.38 bits per heavy atom. The number of nitrogens with zero attached hydrogens (tertiary/aromatic N) is 2. The number of likely N-dealkylation sites (N-methyl/N-ethyl adjacent to an activating group) is 1. The summed E-state index contributed by atoms with van der Waals surface area (Å²) in [5, 5.41) is 5.56. The monoisotopic (exact) mass is 438 g/mol. The molecule has 24 heavy (non-hydrogen) atoms. The molecule has 0 spiro atoms. The van der Waals surface area contributed by atoms with Crippen LogP contribution in [0.2, 0.25) is 0 Å². The highest BCUT2D eigenvalue weighted by atomic mass is 127. The number of hydrogen-bond acceptors (Lipinski definition) is 4. The summed E-state index contributed by atoms with van der Waals surface area (Å²) in [6.45, 7) is 2.09. The molecule has 2 aromatic rings. The van der Waals surface area contributed by atoms with Crippen LogP contribution in [0.1, 0.15) is 5.69 Å². The van der Waals surface area contributed by atoms with Gasteiger partial charge in [-0.2, -0.15) is 0 Å². The van der Waals surface area contributed by atoms with Crippen molar-refractivity contribution in [1.29, 1.82) is 0 Å². The number of aromatic nitrogens is 1. The number of halogens is 1. The molecule has 0 saturated heterocycles. The number of aryl methyl sites for hydroxylation is 1. The zero-order valence-electron chi connectivity index (χ0n) is 13.5. The van der Waals surface area contributed by atoms with Gasteiger partial charge < -0.3 is 10.6 Å². The largest absolute Gasteiger partial charge is 0.324 e. The van der Waals surface area contributed by atoms with Crippen LogP contribution in [0.3, 0.4) is 0 Å². The summed E-state index contributed by atoms with van der Waals surface area (Å²) < 4.78 is 0.967. The summed E-state index contributed by atoms with van der Waals surface area (Å²) in [5.74, 6) is 0.137. The molecule has 2 rings (SSSR count). The van der Waals surface area contributed by atoms with Crippen LogP contribution >= 0.6 is 22.6 Å². The van der Waals surface area contributed by atoms with Crippen molar-refractivity contribution in [2.45, 2.75) is 6.92 Å². The lowest BCUT2D eigenvalue weighted by Crippen LogP contribution is -2.36. The molecule has 1 aromatic heterocycles. The molecule has 0 saturated carbocycles. The Morgan fingerprint density at radius 2 is 1.71 bits per heavy atom. The van der Waals surface area contributed by atoms with Gasteiger partial charge in [0.05, 0.1) is 18.8 Å². The maximum atomic E-state index is 12.1. The minimum absolute atomic E-state index is 0.106. The molecule has 7 heteroatoms. The fraction of sp³-hybridized carbons (Fsp3) is 0.235. The van der Waals surface area contributed by atoms with E-state index in [-0.39, 0.29) is 24.9 Å². The van der Waals surface area contributed by atoms with E-state index in [1.807, 2.05) is 43.3 Å². The minimum Gasteiger partial charge on any atom is -0.324 e. The van der Waals surface area contributed by atoms with Gasteiger partial charge in [0.15, 0.2) is 0 Å². The fourth-order valence-electron chi connectivity index (χ4n) is 2.09. The molecule has 126 valence electrons. The summed E-state index contributed by atoms with van der Waals surface area (Å²) in [7, 11) is 1.72. The van der Waals surface area contributed by atoms with E-state index in [9.17, 15) is 9.59 Å². The molecule has 0 bridgehead atoms. The first kappa shape index (κ1) is 18.3. The molecule has 1 aromatic carbocycles. The maximum absolute atomic E-state index is 12.1. The number of para-hydroxylation sites is 1. The van der Waals surface area contributed by atoms with Crippen LogP contribution in [-0.4, -0.2) is 41.8 Å². The molecule has 0 aliphatic carbocycles. The standard InChI is InChI=1S/C17H19IN4O2/c1-12-6-5-9-15(19-12)21-17(24)11-22(2)10-16(23)20-14-8-4-3-7-13(14)18/h3-9H,10-11H2,1-2H3,(H,20,23)(H,19,21,24). The van der Waals surface area contributed by atoms with Gasteiger partial charge in [-0.1, -0.05) is 18.2 Å². The van der Waals surface area contributed by atoms with Gasteiger partial charge in [-0.3, -0.25) is 14.5 Å². The average Bonchev–Trinajstić information content (AvgIpc) is 2.49. The molecule has 2 N–H and O–H groups in total. The molecular weight excluding hydrogens is 419 g/mol. The van der Waals surface area contributed by atoms with Crippen molar-refractivity contribution in [2.24, 2.45) is 0 Å². The Balaban J connectivity index is 1.81. The molecule has 0 radical (unpaired) electrons. The Morgan fingerprint density at radius 1 is 1.04 bits per heavy atom. The predicted molar refractivity (Wildman–Crippen MR) is 103 cm³/mol. The number of pyridine rings is 1. The van der Waals surface area contributed by atoms with Crippen molar-refractivity contribution in [2.75, 3.05) is 30.8 Å². The third-order valence-corrected chi connectivity index (χ3v) is 4.07. The molecule has 0 unspecified atom stereocenters. The van der Waals surface area contributed by atoms with Crippen LogP contribution in [-0.2, 0) is 9.59 Å². The Hall–Kier alpha value is -2.00. The first-order valence-electron chi connectivity index (χ1n) is 7.40. The molecular formula is C17H19IN4O2. The van der Waals surface area contributed by atoms with Crippen LogP contribution < -0.4 is 10.6 Å². The Bertz CT molecular complexity index is 736. The van der Waals surface area contributed by atoms with E-state index < -0.39 is 0 Å². The van der Waals surface area contributed by atoms with Crippen LogP contribution in [0, 0.1) is 10.5 Å². The maximum Gasteiger partial charge on any atom is 0.239 e. The SMILES string of the molecule is Cc1cccc(NC(=O)CN(C)CC(=O)Nc2ccccc2I)n1. The molecule has 0 fully saturated rings. The normalized spacial score (nSPS) is 10.5. The second-order valence-corrected chi connectivity index (χ2v) is 6.57. The summed E-state index contributed by atoms with van der Waals surface area (Å²) in [6.07, 6.45) is 0. The van der Waals surface area contributed by atoms with E-state index in [2.05, 4.69) is 38.2 Å². The van der Waals surface area contributed by atoms with Gasteiger partial charge >= 0.3 is 0 Å². The third kappa shape index (κ3) is 5.89. The van der Waals surface area contributed by atoms with Crippen molar-refractivity contribution >= 4 is 45.9 Å². The topological polar surface area (TPSA) is 74.3 Å². The lowest BCUT2D eigenvalue weighted by Gasteiger charge is -2.16. The van der Waals surface area contributed by atoms with Crippen molar-refractivity contribution in [1.82, 2.24) is 9.88 Å². The number of amides is 2. The van der Waals surface area contributed by atoms with E-state index in [0.717, 1.165) is 15.0 Å². The smallest absolute Gasteiger partial charge is 0.239 e. The zero-order valence-corrected chi connectivity index (χ0v) is 15.7. The average molecular weight is 438 g/mol. The number of anilines is 2. The van der Waals surface area contributed by atoms with Crippen molar-refractivity contribution in [3.05, 3.63) is 51.7 Å². The fourth-order valence-corrected chi connectivity index (χ4v) is 2.62. The number of rotatable bonds is 6. The second kappa shape index (κ2) is 8.74. The van der Waals surface area contributed by atoms with E-state index in [0.29, 0.717) is 5.82 Å². The first-order chi connectivity index (χ1) is 11.4. The van der Waals surface area contributed by atoms with Crippen LogP contribution in [0.4, 0.5) is 11.5 Å². The number of hydrogen-bond donors (Lipinski definition) is 2. The first-order valence-corrected chi connectivity index (χ1v) is 8.48. The van der Waals surface area contributed by atoms with Gasteiger partial charge in [0.2, 0.25) is 11.8 Å². The third-order valence-electron chi connectivity index (χ3n) is 3.13. The second-order valence-electron chi connectivity index (χ2n) is 5.41. The molecule has 2 amide bonds. The molecule has 6 nitrogen and oxygen atoms in total. The van der Waals surface area contributed by atoms with Gasteiger partial charge in [0.25, 0.3) is 0 Å². The van der Waals surface area contributed by atoms with Crippen LogP contribution in [0.5, 0.6) is 0 Å². The van der Waals surface area contributed by atoms with Gasteiger partial charge in [-0.25, -0.2) is 4.98 Å². The van der Waals surface area contributed by atoms with E-state index in [1.165, 1.54) is 0 Å². The number of benzene rings is 1. The highest BCUT2D eigenvalue weighted by molar-refractivity contribution is 14.1. The van der Waals surface area contributed by atoms with E-state index in [1.54, 1.807) is 18.0 Å². The Kier molecular flexibility index (Phi) is 6.68. The summed E-state index contributed by atoms with van der Waals surface area (Å²) in [4.78, 5) is 29.9. The lowest BCUT2D eigenvalue weighted by atomic mass is 10.3. The summed E-state index contributed by atoms with van der Waals surface area (Å²) >= 11 is 2.16. The number of carbonyl (C=O) groups excluding carboxylic acids is 2. The minimum atomic E-state index is -0.210. The summed E-state index contributed by atoms with van der Waals surface area (Å²) in [6, 6.07) is 13.0. The zero-order chi connectivity index (χ0) is 17.5.